The molecular formula is C16H22O3. The molecule has 3 heteroatoms. The van der Waals surface area contributed by atoms with Gasteiger partial charge in [-0.25, -0.2) is 0 Å². The fourth-order valence-corrected chi connectivity index (χ4v) is 2.55. The van der Waals surface area contributed by atoms with E-state index in [1.807, 2.05) is 6.92 Å². The second kappa shape index (κ2) is 4.64. The molecule has 0 atom stereocenters. The summed E-state index contributed by atoms with van der Waals surface area (Å²) in [6.07, 6.45) is 0. The Balaban J connectivity index is 2.44. The second-order valence-corrected chi connectivity index (χ2v) is 6.35. The van der Waals surface area contributed by atoms with Gasteiger partial charge in [0.1, 0.15) is 5.41 Å². The summed E-state index contributed by atoms with van der Waals surface area (Å²) < 4.78 is 10.2. The van der Waals surface area contributed by atoms with E-state index < -0.39 is 5.41 Å². The van der Waals surface area contributed by atoms with Gasteiger partial charge in [0.15, 0.2) is 0 Å². The molecule has 0 aromatic heterocycles. The first-order valence-corrected chi connectivity index (χ1v) is 6.59. The molecule has 19 heavy (non-hydrogen) atoms. The molecule has 0 N–H and O–H groups in total. The largest absolute Gasteiger partial charge is 0.468 e. The van der Waals surface area contributed by atoms with E-state index >= 15 is 0 Å². The zero-order valence-corrected chi connectivity index (χ0v) is 12.4. The molecule has 1 aromatic carbocycles. The summed E-state index contributed by atoms with van der Waals surface area (Å²) in [4.78, 5) is 12.0. The molecule has 0 bridgehead atoms. The third kappa shape index (κ3) is 2.27. The molecule has 0 spiro atoms. The number of benzene rings is 1. The minimum atomic E-state index is -0.602. The summed E-state index contributed by atoms with van der Waals surface area (Å²) in [6.45, 7) is 9.43. The maximum absolute atomic E-state index is 12.0. The number of aryl methyl sites for hydroxylation is 1. The molecule has 0 radical (unpaired) electrons. The predicted octanol–water partition coefficient (Wildman–Crippen LogP) is 2.73. The van der Waals surface area contributed by atoms with Crippen LogP contribution in [0.5, 0.6) is 0 Å². The molecule has 1 fully saturated rings. The minimum absolute atomic E-state index is 0.109. The van der Waals surface area contributed by atoms with Crippen LogP contribution in [0.15, 0.2) is 18.2 Å². The number of esters is 1. The van der Waals surface area contributed by atoms with Crippen LogP contribution in [0.2, 0.25) is 0 Å². The first-order chi connectivity index (χ1) is 8.81. The van der Waals surface area contributed by atoms with E-state index in [4.69, 9.17) is 9.47 Å². The molecule has 1 aliphatic rings. The van der Waals surface area contributed by atoms with E-state index in [2.05, 4.69) is 39.0 Å². The number of ether oxygens (including phenoxy) is 2. The predicted molar refractivity (Wildman–Crippen MR) is 74.4 cm³/mol. The molecule has 3 nitrogen and oxygen atoms in total. The zero-order chi connectivity index (χ0) is 14.3. The van der Waals surface area contributed by atoms with Crippen molar-refractivity contribution in [1.29, 1.82) is 0 Å². The summed E-state index contributed by atoms with van der Waals surface area (Å²) in [5.41, 5.74) is 2.93. The topological polar surface area (TPSA) is 35.5 Å². The normalized spacial score (nSPS) is 17.7. The first-order valence-electron chi connectivity index (χ1n) is 6.59. The van der Waals surface area contributed by atoms with Crippen molar-refractivity contribution in [3.63, 3.8) is 0 Å². The number of hydrogen-bond acceptors (Lipinski definition) is 3. The van der Waals surface area contributed by atoms with E-state index in [9.17, 15) is 4.79 Å². The lowest BCUT2D eigenvalue weighted by Crippen LogP contribution is -2.54. The van der Waals surface area contributed by atoms with Gasteiger partial charge >= 0.3 is 5.97 Å². The van der Waals surface area contributed by atoms with E-state index in [1.165, 1.54) is 12.7 Å². The number of hydrogen-bond donors (Lipinski definition) is 0. The van der Waals surface area contributed by atoms with Crippen molar-refractivity contribution >= 4 is 5.97 Å². The Morgan fingerprint density at radius 3 is 2.32 bits per heavy atom. The van der Waals surface area contributed by atoms with Gasteiger partial charge in [0.25, 0.3) is 0 Å². The van der Waals surface area contributed by atoms with Crippen LogP contribution in [-0.2, 0) is 25.1 Å². The molecular weight excluding hydrogens is 240 g/mol. The van der Waals surface area contributed by atoms with Crippen molar-refractivity contribution in [1.82, 2.24) is 0 Å². The summed E-state index contributed by atoms with van der Waals surface area (Å²) in [5, 5.41) is 0. The lowest BCUT2D eigenvalue weighted by atomic mass is 9.75. The molecule has 0 unspecified atom stereocenters. The van der Waals surface area contributed by atoms with Crippen molar-refractivity contribution in [2.75, 3.05) is 20.3 Å². The maximum Gasteiger partial charge on any atom is 0.321 e. The molecule has 0 amide bonds. The summed E-state index contributed by atoms with van der Waals surface area (Å²) >= 11 is 0. The van der Waals surface area contributed by atoms with E-state index in [-0.39, 0.29) is 11.4 Å². The van der Waals surface area contributed by atoms with E-state index in [0.29, 0.717) is 13.2 Å². The average molecular weight is 262 g/mol. The number of carbonyl (C=O) groups excluding carboxylic acids is 1. The van der Waals surface area contributed by atoms with Gasteiger partial charge in [0, 0.05) is 0 Å². The maximum atomic E-state index is 12.0. The standard InChI is InChI=1S/C16H22O3/c1-11-8-12(15(2,3)4)6-7-13(11)16(9-19-10-16)14(17)18-5/h6-8H,9-10H2,1-5H3. The van der Waals surface area contributed by atoms with Crippen LogP contribution in [-0.4, -0.2) is 26.3 Å². The minimum Gasteiger partial charge on any atom is -0.468 e. The van der Waals surface area contributed by atoms with E-state index in [0.717, 1.165) is 11.1 Å². The summed E-state index contributed by atoms with van der Waals surface area (Å²) in [6, 6.07) is 6.32. The van der Waals surface area contributed by atoms with Gasteiger partial charge < -0.3 is 9.47 Å². The average Bonchev–Trinajstić information content (AvgIpc) is 2.28. The Morgan fingerprint density at radius 2 is 1.95 bits per heavy atom. The van der Waals surface area contributed by atoms with Crippen LogP contribution in [0.1, 0.15) is 37.5 Å². The fourth-order valence-electron chi connectivity index (χ4n) is 2.55. The van der Waals surface area contributed by atoms with Crippen LogP contribution >= 0.6 is 0 Å². The number of rotatable bonds is 2. The Hall–Kier alpha value is -1.35. The molecule has 0 aliphatic carbocycles. The van der Waals surface area contributed by atoms with Crippen LogP contribution in [0.25, 0.3) is 0 Å². The number of methoxy groups -OCH3 is 1. The highest BCUT2D eigenvalue weighted by molar-refractivity contribution is 5.85. The van der Waals surface area contributed by atoms with Gasteiger partial charge in [0.2, 0.25) is 0 Å². The fraction of sp³-hybridized carbons (Fsp3) is 0.562. The molecule has 1 aliphatic heterocycles. The quantitative estimate of drug-likeness (QED) is 0.769. The Labute approximate surface area is 114 Å². The molecule has 2 rings (SSSR count). The lowest BCUT2D eigenvalue weighted by molar-refractivity contribution is -0.166. The van der Waals surface area contributed by atoms with Crippen molar-refractivity contribution in [2.45, 2.75) is 38.5 Å². The van der Waals surface area contributed by atoms with Crippen molar-refractivity contribution in [3.05, 3.63) is 34.9 Å². The van der Waals surface area contributed by atoms with Gasteiger partial charge in [0.05, 0.1) is 20.3 Å². The van der Waals surface area contributed by atoms with Gasteiger partial charge in [-0.3, -0.25) is 4.79 Å². The third-order valence-corrected chi connectivity index (χ3v) is 3.88. The van der Waals surface area contributed by atoms with Gasteiger partial charge in [-0.2, -0.15) is 0 Å². The second-order valence-electron chi connectivity index (χ2n) is 6.35. The highest BCUT2D eigenvalue weighted by atomic mass is 16.5. The van der Waals surface area contributed by atoms with E-state index in [1.54, 1.807) is 0 Å². The highest BCUT2D eigenvalue weighted by Crippen LogP contribution is 2.37. The van der Waals surface area contributed by atoms with Crippen molar-refractivity contribution < 1.29 is 14.3 Å². The zero-order valence-electron chi connectivity index (χ0n) is 12.4. The molecule has 1 aromatic rings. The van der Waals surface area contributed by atoms with Gasteiger partial charge in [-0.1, -0.05) is 39.0 Å². The third-order valence-electron chi connectivity index (χ3n) is 3.88. The highest BCUT2D eigenvalue weighted by Gasteiger charge is 2.49. The SMILES string of the molecule is COC(=O)C1(c2ccc(C(C)(C)C)cc2C)COC1. The van der Waals surface area contributed by atoms with Crippen LogP contribution in [0.4, 0.5) is 0 Å². The van der Waals surface area contributed by atoms with Crippen LogP contribution < -0.4 is 0 Å². The number of carbonyl (C=O) groups is 1. The molecule has 1 saturated heterocycles. The smallest absolute Gasteiger partial charge is 0.321 e. The monoisotopic (exact) mass is 262 g/mol. The van der Waals surface area contributed by atoms with Gasteiger partial charge in [-0.15, -0.1) is 0 Å². The molecule has 0 saturated carbocycles. The van der Waals surface area contributed by atoms with Crippen molar-refractivity contribution in [2.24, 2.45) is 0 Å². The Bertz CT molecular complexity index is 493. The first kappa shape index (κ1) is 14.1. The lowest BCUT2D eigenvalue weighted by Gasteiger charge is -2.40. The summed E-state index contributed by atoms with van der Waals surface area (Å²) in [5.74, 6) is -0.203. The molecule has 104 valence electrons. The Kier molecular flexibility index (Phi) is 3.43. The van der Waals surface area contributed by atoms with Crippen LogP contribution in [0, 0.1) is 6.92 Å². The van der Waals surface area contributed by atoms with Crippen LogP contribution in [0.3, 0.4) is 0 Å². The van der Waals surface area contributed by atoms with Crippen molar-refractivity contribution in [3.8, 4) is 0 Å². The van der Waals surface area contributed by atoms with Gasteiger partial charge in [-0.05, 0) is 29.0 Å². The molecule has 1 heterocycles. The Morgan fingerprint density at radius 1 is 1.32 bits per heavy atom. The summed E-state index contributed by atoms with van der Waals surface area (Å²) in [7, 11) is 1.43.